The molecule has 0 radical (unpaired) electrons. The van der Waals surface area contributed by atoms with E-state index in [1.807, 2.05) is 36.2 Å². The van der Waals surface area contributed by atoms with Crippen LogP contribution in [0.1, 0.15) is 11.1 Å². The Morgan fingerprint density at radius 3 is 2.74 bits per heavy atom. The molecule has 0 fully saturated rings. The molecule has 0 aliphatic rings. The van der Waals surface area contributed by atoms with E-state index in [1.165, 1.54) is 0 Å². The van der Waals surface area contributed by atoms with Crippen molar-refractivity contribution in [1.29, 1.82) is 5.26 Å². The molecular weight excluding hydrogens is 258 g/mol. The van der Waals surface area contributed by atoms with Gasteiger partial charge in [-0.15, -0.1) is 0 Å². The van der Waals surface area contributed by atoms with Gasteiger partial charge in [0.1, 0.15) is 6.07 Å². The average Bonchev–Trinajstić information content (AvgIpc) is 2.42. The van der Waals surface area contributed by atoms with Gasteiger partial charge in [-0.2, -0.15) is 5.26 Å². The van der Waals surface area contributed by atoms with Gasteiger partial charge >= 0.3 is 0 Å². The fraction of sp³-hybridized carbons (Fsp3) is 0.133. The van der Waals surface area contributed by atoms with Crippen LogP contribution in [-0.4, -0.2) is 7.05 Å². The van der Waals surface area contributed by atoms with Gasteiger partial charge < -0.3 is 10.6 Å². The summed E-state index contributed by atoms with van der Waals surface area (Å²) in [4.78, 5) is 1.99. The monoisotopic (exact) mass is 271 g/mol. The van der Waals surface area contributed by atoms with Gasteiger partial charge in [-0.1, -0.05) is 23.7 Å². The van der Waals surface area contributed by atoms with Crippen molar-refractivity contribution < 1.29 is 0 Å². The zero-order valence-corrected chi connectivity index (χ0v) is 11.4. The maximum absolute atomic E-state index is 9.11. The highest BCUT2D eigenvalue weighted by Crippen LogP contribution is 2.24. The van der Waals surface area contributed by atoms with E-state index in [1.54, 1.807) is 18.2 Å². The predicted octanol–water partition coefficient (Wildman–Crippen LogP) is 3.43. The minimum atomic E-state index is 0.602. The molecule has 19 heavy (non-hydrogen) atoms. The van der Waals surface area contributed by atoms with Crippen molar-refractivity contribution in [1.82, 2.24) is 0 Å². The molecule has 2 aromatic rings. The SMILES string of the molecule is CN(Cc1cc(Cl)ccc1N)c1ccccc1C#N. The molecule has 0 atom stereocenters. The van der Waals surface area contributed by atoms with Gasteiger partial charge in [-0.25, -0.2) is 0 Å². The van der Waals surface area contributed by atoms with Crippen LogP contribution in [0.2, 0.25) is 5.02 Å². The molecule has 0 unspecified atom stereocenters. The number of para-hydroxylation sites is 1. The summed E-state index contributed by atoms with van der Waals surface area (Å²) >= 11 is 5.98. The lowest BCUT2D eigenvalue weighted by Gasteiger charge is -2.21. The first-order valence-corrected chi connectivity index (χ1v) is 6.24. The van der Waals surface area contributed by atoms with Crippen molar-refractivity contribution in [3.63, 3.8) is 0 Å². The summed E-state index contributed by atoms with van der Waals surface area (Å²) in [7, 11) is 1.93. The van der Waals surface area contributed by atoms with Gasteiger partial charge in [-0.3, -0.25) is 0 Å². The molecule has 2 rings (SSSR count). The highest BCUT2D eigenvalue weighted by atomic mass is 35.5. The van der Waals surface area contributed by atoms with Gasteiger partial charge in [0.2, 0.25) is 0 Å². The van der Waals surface area contributed by atoms with Crippen molar-refractivity contribution in [3.05, 3.63) is 58.6 Å². The summed E-state index contributed by atoms with van der Waals surface area (Å²) in [5.41, 5.74) is 9.11. The summed E-state index contributed by atoms with van der Waals surface area (Å²) in [6.07, 6.45) is 0. The standard InChI is InChI=1S/C15H14ClN3/c1-19(15-5-3-2-4-11(15)9-17)10-12-8-13(16)6-7-14(12)18/h2-8H,10,18H2,1H3. The first-order chi connectivity index (χ1) is 9.11. The summed E-state index contributed by atoms with van der Waals surface area (Å²) < 4.78 is 0. The summed E-state index contributed by atoms with van der Waals surface area (Å²) in [6, 6.07) is 15.1. The molecule has 2 N–H and O–H groups in total. The van der Waals surface area contributed by atoms with Crippen LogP contribution in [0.5, 0.6) is 0 Å². The molecule has 4 heteroatoms. The lowest BCUT2D eigenvalue weighted by Crippen LogP contribution is -2.18. The number of anilines is 2. The third-order valence-corrected chi connectivity index (χ3v) is 3.18. The van der Waals surface area contributed by atoms with E-state index in [-0.39, 0.29) is 0 Å². The topological polar surface area (TPSA) is 53.0 Å². The van der Waals surface area contributed by atoms with Crippen molar-refractivity contribution in [3.8, 4) is 6.07 Å². The average molecular weight is 272 g/mol. The van der Waals surface area contributed by atoms with Crippen molar-refractivity contribution in [2.45, 2.75) is 6.54 Å². The van der Waals surface area contributed by atoms with E-state index in [4.69, 9.17) is 22.6 Å². The minimum Gasteiger partial charge on any atom is -0.398 e. The quantitative estimate of drug-likeness (QED) is 0.870. The van der Waals surface area contributed by atoms with Crippen LogP contribution in [0.4, 0.5) is 11.4 Å². The van der Waals surface area contributed by atoms with E-state index in [0.717, 1.165) is 11.3 Å². The first-order valence-electron chi connectivity index (χ1n) is 5.86. The van der Waals surface area contributed by atoms with E-state index in [2.05, 4.69) is 6.07 Å². The minimum absolute atomic E-state index is 0.602. The molecule has 0 heterocycles. The molecule has 0 saturated heterocycles. The summed E-state index contributed by atoms with van der Waals surface area (Å²) in [6.45, 7) is 0.602. The maximum Gasteiger partial charge on any atom is 0.101 e. The van der Waals surface area contributed by atoms with Crippen molar-refractivity contribution in [2.24, 2.45) is 0 Å². The third kappa shape index (κ3) is 2.98. The van der Waals surface area contributed by atoms with Crippen LogP contribution in [0.3, 0.4) is 0 Å². The van der Waals surface area contributed by atoms with Crippen LogP contribution < -0.4 is 10.6 Å². The summed E-state index contributed by atoms with van der Waals surface area (Å²) in [5, 5.41) is 9.77. The zero-order chi connectivity index (χ0) is 13.8. The van der Waals surface area contributed by atoms with Gasteiger partial charge in [0.15, 0.2) is 0 Å². The molecule has 0 aliphatic carbocycles. The van der Waals surface area contributed by atoms with Gasteiger partial charge in [0.25, 0.3) is 0 Å². The van der Waals surface area contributed by atoms with Gasteiger partial charge in [0.05, 0.1) is 11.3 Å². The largest absolute Gasteiger partial charge is 0.398 e. The highest BCUT2D eigenvalue weighted by Gasteiger charge is 2.09. The Hall–Kier alpha value is -2.18. The second-order valence-corrected chi connectivity index (χ2v) is 4.76. The van der Waals surface area contributed by atoms with E-state index < -0.39 is 0 Å². The highest BCUT2D eigenvalue weighted by molar-refractivity contribution is 6.30. The zero-order valence-electron chi connectivity index (χ0n) is 10.6. The van der Waals surface area contributed by atoms with E-state index in [0.29, 0.717) is 22.8 Å². The number of rotatable bonds is 3. The molecule has 3 nitrogen and oxygen atoms in total. The fourth-order valence-electron chi connectivity index (χ4n) is 1.95. The normalized spacial score (nSPS) is 9.95. The molecule has 0 aromatic heterocycles. The second-order valence-electron chi connectivity index (χ2n) is 4.33. The smallest absolute Gasteiger partial charge is 0.101 e. The van der Waals surface area contributed by atoms with Crippen LogP contribution in [-0.2, 0) is 6.54 Å². The Morgan fingerprint density at radius 2 is 2.00 bits per heavy atom. The van der Waals surface area contributed by atoms with Gasteiger partial charge in [0, 0.05) is 24.3 Å². The Labute approximate surface area is 117 Å². The van der Waals surface area contributed by atoms with Gasteiger partial charge in [-0.05, 0) is 35.9 Å². The Bertz CT molecular complexity index is 632. The number of benzene rings is 2. The number of nitriles is 1. The van der Waals surface area contributed by atoms with Crippen LogP contribution in [0.25, 0.3) is 0 Å². The molecule has 0 spiro atoms. The molecule has 0 saturated carbocycles. The number of nitrogens with zero attached hydrogens (tertiary/aromatic N) is 2. The Kier molecular flexibility index (Phi) is 3.94. The predicted molar refractivity (Wildman–Crippen MR) is 79.1 cm³/mol. The second kappa shape index (κ2) is 5.64. The molecule has 0 amide bonds. The van der Waals surface area contributed by atoms with E-state index >= 15 is 0 Å². The number of nitrogens with two attached hydrogens (primary N) is 1. The lowest BCUT2D eigenvalue weighted by atomic mass is 10.1. The molecule has 96 valence electrons. The lowest BCUT2D eigenvalue weighted by molar-refractivity contribution is 0.923. The maximum atomic E-state index is 9.11. The third-order valence-electron chi connectivity index (χ3n) is 2.95. The molecular formula is C15H14ClN3. The first kappa shape index (κ1) is 13.3. The van der Waals surface area contributed by atoms with E-state index in [9.17, 15) is 0 Å². The van der Waals surface area contributed by atoms with Crippen molar-refractivity contribution in [2.75, 3.05) is 17.7 Å². The number of halogens is 1. The molecule has 0 aliphatic heterocycles. The Morgan fingerprint density at radius 1 is 1.26 bits per heavy atom. The van der Waals surface area contributed by atoms with Crippen LogP contribution in [0, 0.1) is 11.3 Å². The van der Waals surface area contributed by atoms with Crippen LogP contribution >= 0.6 is 11.6 Å². The summed E-state index contributed by atoms with van der Waals surface area (Å²) in [5.74, 6) is 0. The van der Waals surface area contributed by atoms with Crippen LogP contribution in [0.15, 0.2) is 42.5 Å². The fourth-order valence-corrected chi connectivity index (χ4v) is 2.15. The molecule has 2 aromatic carbocycles. The molecule has 0 bridgehead atoms. The number of hydrogen-bond donors (Lipinski definition) is 1. The Balaban J connectivity index is 2.28. The number of hydrogen-bond acceptors (Lipinski definition) is 3. The van der Waals surface area contributed by atoms with Crippen molar-refractivity contribution >= 4 is 23.0 Å². The number of nitrogen functional groups attached to an aromatic ring is 1.